The van der Waals surface area contributed by atoms with Crippen LogP contribution < -0.4 is 0 Å². The molecule has 4 rings (SSSR count). The molecule has 35 heavy (non-hydrogen) atoms. The molecular formula is C25H34N6O3Si. The fourth-order valence-corrected chi connectivity index (χ4v) is 4.54. The standard InChI is InChI=1S/C25H34N6O3Si/c1-17(2)23-26-21-10-11-22(25(32)29(3)33-4)27-24(21)31(23)19-8-9-20-18(14-19)15-30(28-20)16-34-12-13-35(5,6)7/h8-11,14-15,17H,12-13,16H2,1-7H3. The van der Waals surface area contributed by atoms with Gasteiger partial charge in [0.15, 0.2) is 5.65 Å². The van der Waals surface area contributed by atoms with E-state index in [9.17, 15) is 4.79 Å². The van der Waals surface area contributed by atoms with Gasteiger partial charge in [-0.3, -0.25) is 14.2 Å². The zero-order chi connectivity index (χ0) is 25.3. The van der Waals surface area contributed by atoms with Crippen molar-refractivity contribution in [3.05, 3.63) is 48.0 Å². The smallest absolute Gasteiger partial charge is 0.295 e. The number of amides is 1. The summed E-state index contributed by atoms with van der Waals surface area (Å²) in [5.74, 6) is 0.709. The number of hydrogen-bond acceptors (Lipinski definition) is 6. The number of rotatable bonds is 9. The lowest BCUT2D eigenvalue weighted by Gasteiger charge is -2.15. The number of imidazole rings is 1. The first-order valence-corrected chi connectivity index (χ1v) is 15.5. The zero-order valence-corrected chi connectivity index (χ0v) is 22.6. The van der Waals surface area contributed by atoms with E-state index < -0.39 is 8.07 Å². The van der Waals surface area contributed by atoms with Crippen molar-refractivity contribution in [3.63, 3.8) is 0 Å². The van der Waals surface area contributed by atoms with Crippen LogP contribution in [0.5, 0.6) is 0 Å². The van der Waals surface area contributed by atoms with Gasteiger partial charge in [0.1, 0.15) is 23.8 Å². The molecule has 0 aliphatic rings. The lowest BCUT2D eigenvalue weighted by molar-refractivity contribution is -0.0760. The van der Waals surface area contributed by atoms with E-state index in [0.717, 1.165) is 45.6 Å². The number of nitrogens with zero attached hydrogens (tertiary/aromatic N) is 6. The summed E-state index contributed by atoms with van der Waals surface area (Å²) in [6, 6.07) is 10.7. The Balaban J connectivity index is 1.70. The molecule has 1 amide bonds. The highest BCUT2D eigenvalue weighted by Crippen LogP contribution is 2.27. The van der Waals surface area contributed by atoms with Gasteiger partial charge >= 0.3 is 0 Å². The molecule has 10 heteroatoms. The fraction of sp³-hybridized carbons (Fsp3) is 0.440. The Kier molecular flexibility index (Phi) is 7.07. The first-order valence-electron chi connectivity index (χ1n) is 11.8. The van der Waals surface area contributed by atoms with Crippen LogP contribution >= 0.6 is 0 Å². The van der Waals surface area contributed by atoms with Gasteiger partial charge in [-0.2, -0.15) is 5.10 Å². The summed E-state index contributed by atoms with van der Waals surface area (Å²) in [7, 11) is 1.89. The number of pyridine rings is 1. The number of carbonyl (C=O) groups excluding carboxylic acids is 1. The van der Waals surface area contributed by atoms with Crippen LogP contribution in [0, 0.1) is 0 Å². The van der Waals surface area contributed by atoms with Crippen molar-refractivity contribution in [1.82, 2.24) is 29.4 Å². The lowest BCUT2D eigenvalue weighted by Crippen LogP contribution is -2.26. The Bertz CT molecular complexity index is 1350. The topological polar surface area (TPSA) is 87.3 Å². The van der Waals surface area contributed by atoms with Crippen LogP contribution in [0.2, 0.25) is 25.7 Å². The highest BCUT2D eigenvalue weighted by Gasteiger charge is 2.20. The maximum absolute atomic E-state index is 12.6. The van der Waals surface area contributed by atoms with Gasteiger partial charge in [-0.15, -0.1) is 0 Å². The van der Waals surface area contributed by atoms with Gasteiger partial charge in [0.2, 0.25) is 0 Å². The molecule has 0 atom stereocenters. The van der Waals surface area contributed by atoms with Crippen LogP contribution in [0.15, 0.2) is 36.5 Å². The average Bonchev–Trinajstić information content (AvgIpc) is 3.40. The minimum absolute atomic E-state index is 0.156. The molecule has 186 valence electrons. The molecular weight excluding hydrogens is 460 g/mol. The van der Waals surface area contributed by atoms with Gasteiger partial charge in [-0.05, 0) is 36.4 Å². The minimum atomic E-state index is -1.12. The van der Waals surface area contributed by atoms with Crippen molar-refractivity contribution in [2.45, 2.75) is 52.2 Å². The molecule has 4 aromatic rings. The molecule has 0 radical (unpaired) electrons. The van der Waals surface area contributed by atoms with Gasteiger partial charge in [0.25, 0.3) is 5.91 Å². The molecule has 0 unspecified atom stereocenters. The summed E-state index contributed by atoms with van der Waals surface area (Å²) in [5.41, 5.74) is 3.47. The predicted molar refractivity (Wildman–Crippen MR) is 139 cm³/mol. The summed E-state index contributed by atoms with van der Waals surface area (Å²) in [6.45, 7) is 12.4. The van der Waals surface area contributed by atoms with Crippen molar-refractivity contribution in [2.24, 2.45) is 0 Å². The van der Waals surface area contributed by atoms with Gasteiger partial charge in [0, 0.05) is 44.9 Å². The number of hydrogen-bond donors (Lipinski definition) is 0. The third-order valence-electron chi connectivity index (χ3n) is 5.84. The van der Waals surface area contributed by atoms with Crippen molar-refractivity contribution in [3.8, 4) is 5.69 Å². The van der Waals surface area contributed by atoms with Gasteiger partial charge < -0.3 is 4.74 Å². The van der Waals surface area contributed by atoms with Crippen LogP contribution in [0.25, 0.3) is 27.8 Å². The van der Waals surface area contributed by atoms with Gasteiger partial charge in [-0.1, -0.05) is 33.5 Å². The van der Waals surface area contributed by atoms with E-state index in [4.69, 9.17) is 14.6 Å². The van der Waals surface area contributed by atoms with Gasteiger partial charge in [0.05, 0.1) is 12.6 Å². The lowest BCUT2D eigenvalue weighted by atomic mass is 10.2. The first kappa shape index (κ1) is 25.0. The number of fused-ring (bicyclic) bond motifs is 2. The molecule has 9 nitrogen and oxygen atoms in total. The molecule has 3 heterocycles. The van der Waals surface area contributed by atoms with Crippen LogP contribution in [-0.4, -0.2) is 64.1 Å². The van der Waals surface area contributed by atoms with E-state index in [0.29, 0.717) is 18.1 Å². The van der Waals surface area contributed by atoms with Crippen molar-refractivity contribution in [2.75, 3.05) is 20.8 Å². The van der Waals surface area contributed by atoms with Crippen LogP contribution in [0.1, 0.15) is 36.1 Å². The molecule has 0 bridgehead atoms. The Morgan fingerprint density at radius 3 is 2.54 bits per heavy atom. The maximum Gasteiger partial charge on any atom is 0.295 e. The Morgan fingerprint density at radius 1 is 1.11 bits per heavy atom. The Morgan fingerprint density at radius 2 is 1.86 bits per heavy atom. The number of carbonyl (C=O) groups is 1. The third-order valence-corrected chi connectivity index (χ3v) is 7.54. The maximum atomic E-state index is 12.6. The molecule has 0 aliphatic carbocycles. The fourth-order valence-electron chi connectivity index (χ4n) is 3.79. The predicted octanol–water partition coefficient (Wildman–Crippen LogP) is 4.84. The second kappa shape index (κ2) is 9.88. The summed E-state index contributed by atoms with van der Waals surface area (Å²) in [6.07, 6.45) is 2.00. The van der Waals surface area contributed by atoms with Gasteiger partial charge in [-0.25, -0.2) is 19.7 Å². The van der Waals surface area contributed by atoms with Crippen LogP contribution in [0.3, 0.4) is 0 Å². The van der Waals surface area contributed by atoms with E-state index in [1.165, 1.54) is 7.11 Å². The monoisotopic (exact) mass is 494 g/mol. The van der Waals surface area contributed by atoms with Crippen molar-refractivity contribution >= 4 is 36.0 Å². The first-order chi connectivity index (χ1) is 16.6. The highest BCUT2D eigenvalue weighted by atomic mass is 28.3. The van der Waals surface area contributed by atoms with Crippen LogP contribution in [-0.2, 0) is 16.3 Å². The molecule has 0 N–H and O–H groups in total. The Hall–Kier alpha value is -3.08. The van der Waals surface area contributed by atoms with E-state index in [-0.39, 0.29) is 11.8 Å². The molecule has 3 aromatic heterocycles. The molecule has 0 spiro atoms. The summed E-state index contributed by atoms with van der Waals surface area (Å²) >= 11 is 0. The molecule has 0 saturated heterocycles. The third kappa shape index (κ3) is 5.44. The SMILES string of the molecule is CON(C)C(=O)c1ccc2nc(C(C)C)n(-c3ccc4nn(COCC[Si](C)(C)C)cc4c3)c2n1. The average molecular weight is 495 g/mol. The van der Waals surface area contributed by atoms with Crippen molar-refractivity contribution < 1.29 is 14.4 Å². The largest absolute Gasteiger partial charge is 0.360 e. The molecule has 0 saturated carbocycles. The molecule has 0 fully saturated rings. The quantitative estimate of drug-likeness (QED) is 0.188. The number of ether oxygens (including phenoxy) is 1. The zero-order valence-electron chi connectivity index (χ0n) is 21.6. The molecule has 1 aromatic carbocycles. The van der Waals surface area contributed by atoms with E-state index in [1.807, 2.05) is 33.6 Å². The molecule has 0 aliphatic heterocycles. The highest BCUT2D eigenvalue weighted by molar-refractivity contribution is 6.76. The second-order valence-corrected chi connectivity index (χ2v) is 15.9. The van der Waals surface area contributed by atoms with E-state index >= 15 is 0 Å². The van der Waals surface area contributed by atoms with Crippen LogP contribution in [0.4, 0.5) is 0 Å². The minimum Gasteiger partial charge on any atom is -0.360 e. The van der Waals surface area contributed by atoms with E-state index in [1.54, 1.807) is 13.1 Å². The van der Waals surface area contributed by atoms with Crippen molar-refractivity contribution in [1.29, 1.82) is 0 Å². The summed E-state index contributed by atoms with van der Waals surface area (Å²) in [5, 5.41) is 6.81. The number of hydroxylamine groups is 2. The summed E-state index contributed by atoms with van der Waals surface area (Å²) in [4.78, 5) is 27.2. The normalized spacial score (nSPS) is 12.2. The number of aromatic nitrogens is 5. The second-order valence-electron chi connectivity index (χ2n) is 10.2. The summed E-state index contributed by atoms with van der Waals surface area (Å²) < 4.78 is 9.72. The van der Waals surface area contributed by atoms with E-state index in [2.05, 4.69) is 49.6 Å². The number of benzene rings is 1. The Labute approximate surface area is 206 Å².